The minimum Gasteiger partial charge on any atom is -0.495 e. The van der Waals surface area contributed by atoms with Crippen LogP contribution in [0.2, 0.25) is 0 Å². The van der Waals surface area contributed by atoms with Crippen molar-refractivity contribution in [1.82, 2.24) is 9.78 Å². The molecule has 4 nitrogen and oxygen atoms in total. The fourth-order valence-corrected chi connectivity index (χ4v) is 2.13. The van der Waals surface area contributed by atoms with E-state index in [0.717, 1.165) is 24.5 Å². The first-order valence-corrected chi connectivity index (χ1v) is 6.55. The number of nitrogens with one attached hydrogen (secondary N) is 1. The van der Waals surface area contributed by atoms with Crippen LogP contribution in [0.4, 0.5) is 5.69 Å². The second-order valence-corrected chi connectivity index (χ2v) is 4.63. The first-order chi connectivity index (χ1) is 9.15. The molecule has 0 aliphatic carbocycles. The van der Waals surface area contributed by atoms with Crippen LogP contribution in [0.25, 0.3) is 0 Å². The summed E-state index contributed by atoms with van der Waals surface area (Å²) in [7, 11) is 1.69. The van der Waals surface area contributed by atoms with Crippen molar-refractivity contribution < 1.29 is 4.74 Å². The first kappa shape index (κ1) is 13.5. The van der Waals surface area contributed by atoms with Crippen molar-refractivity contribution >= 4 is 5.69 Å². The molecule has 0 unspecified atom stereocenters. The predicted octanol–water partition coefficient (Wildman–Crippen LogP) is 3.14. The summed E-state index contributed by atoms with van der Waals surface area (Å²) in [6, 6.07) is 6.13. The Hall–Kier alpha value is -1.97. The lowest BCUT2D eigenvalue weighted by molar-refractivity contribution is 0.416. The van der Waals surface area contributed by atoms with Crippen LogP contribution in [-0.2, 0) is 13.1 Å². The van der Waals surface area contributed by atoms with E-state index in [0.29, 0.717) is 0 Å². The summed E-state index contributed by atoms with van der Waals surface area (Å²) in [5.74, 6) is 0.867. The Morgan fingerprint density at radius 2 is 2.11 bits per heavy atom. The number of hydrogen-bond donors (Lipinski definition) is 1. The van der Waals surface area contributed by atoms with E-state index in [-0.39, 0.29) is 0 Å². The quantitative estimate of drug-likeness (QED) is 0.896. The van der Waals surface area contributed by atoms with Crippen molar-refractivity contribution in [2.75, 3.05) is 12.4 Å². The highest BCUT2D eigenvalue weighted by Crippen LogP contribution is 2.25. The third-order valence-electron chi connectivity index (χ3n) is 3.33. The lowest BCUT2D eigenvalue weighted by Crippen LogP contribution is -2.04. The second-order valence-electron chi connectivity index (χ2n) is 4.63. The van der Waals surface area contributed by atoms with Crippen LogP contribution in [0.5, 0.6) is 5.75 Å². The molecule has 1 aromatic carbocycles. The zero-order valence-electron chi connectivity index (χ0n) is 12.0. The Bertz CT molecular complexity index is 561. The standard InChI is InChI=1S/C15H21N3O/c1-5-18-12(3)13(10-17-18)9-16-14-8-11(2)6-7-15(14)19-4/h6-8,10,16H,5,9H2,1-4H3. The largest absolute Gasteiger partial charge is 0.495 e. The van der Waals surface area contributed by atoms with Crippen LogP contribution < -0.4 is 10.1 Å². The van der Waals surface area contributed by atoms with Crippen LogP contribution in [0.1, 0.15) is 23.7 Å². The Morgan fingerprint density at radius 1 is 1.32 bits per heavy atom. The topological polar surface area (TPSA) is 39.1 Å². The Morgan fingerprint density at radius 3 is 2.74 bits per heavy atom. The molecule has 0 spiro atoms. The summed E-state index contributed by atoms with van der Waals surface area (Å²) in [6.07, 6.45) is 1.92. The number of nitrogens with zero attached hydrogens (tertiary/aromatic N) is 2. The van der Waals surface area contributed by atoms with Gasteiger partial charge >= 0.3 is 0 Å². The Labute approximate surface area is 114 Å². The SMILES string of the molecule is CCn1ncc(CNc2cc(C)ccc2OC)c1C. The van der Waals surface area contributed by atoms with E-state index < -0.39 is 0 Å². The highest BCUT2D eigenvalue weighted by molar-refractivity contribution is 5.58. The van der Waals surface area contributed by atoms with Gasteiger partial charge in [-0.25, -0.2) is 0 Å². The van der Waals surface area contributed by atoms with E-state index in [9.17, 15) is 0 Å². The summed E-state index contributed by atoms with van der Waals surface area (Å²) in [6.45, 7) is 7.93. The molecule has 0 fully saturated rings. The number of anilines is 1. The average Bonchev–Trinajstić information content (AvgIpc) is 2.77. The van der Waals surface area contributed by atoms with Gasteiger partial charge in [-0.1, -0.05) is 6.07 Å². The van der Waals surface area contributed by atoms with Crippen molar-refractivity contribution in [2.45, 2.75) is 33.9 Å². The number of rotatable bonds is 5. The van der Waals surface area contributed by atoms with Crippen molar-refractivity contribution in [3.05, 3.63) is 41.2 Å². The minimum absolute atomic E-state index is 0.756. The maximum absolute atomic E-state index is 5.36. The van der Waals surface area contributed by atoms with E-state index in [2.05, 4.69) is 37.3 Å². The van der Waals surface area contributed by atoms with Crippen LogP contribution >= 0.6 is 0 Å². The van der Waals surface area contributed by atoms with E-state index in [1.807, 2.05) is 23.0 Å². The van der Waals surface area contributed by atoms with Gasteiger partial charge in [-0.3, -0.25) is 4.68 Å². The van der Waals surface area contributed by atoms with E-state index in [1.165, 1.54) is 16.8 Å². The number of methoxy groups -OCH3 is 1. The molecule has 2 rings (SSSR count). The fraction of sp³-hybridized carbons (Fsp3) is 0.400. The maximum atomic E-state index is 5.36. The lowest BCUT2D eigenvalue weighted by atomic mass is 10.2. The Kier molecular flexibility index (Phi) is 4.10. The molecule has 102 valence electrons. The van der Waals surface area contributed by atoms with Gasteiger partial charge in [0.15, 0.2) is 0 Å². The highest BCUT2D eigenvalue weighted by Gasteiger charge is 2.07. The van der Waals surface area contributed by atoms with Gasteiger partial charge in [-0.2, -0.15) is 5.10 Å². The van der Waals surface area contributed by atoms with Gasteiger partial charge in [0.25, 0.3) is 0 Å². The van der Waals surface area contributed by atoms with E-state index in [1.54, 1.807) is 7.11 Å². The fourth-order valence-electron chi connectivity index (χ4n) is 2.13. The van der Waals surface area contributed by atoms with Crippen molar-refractivity contribution in [1.29, 1.82) is 0 Å². The van der Waals surface area contributed by atoms with Gasteiger partial charge < -0.3 is 10.1 Å². The molecule has 4 heteroatoms. The average molecular weight is 259 g/mol. The molecule has 0 bridgehead atoms. The molecule has 19 heavy (non-hydrogen) atoms. The van der Waals surface area contributed by atoms with Crippen molar-refractivity contribution in [2.24, 2.45) is 0 Å². The predicted molar refractivity (Wildman–Crippen MR) is 77.7 cm³/mol. The Balaban J connectivity index is 2.13. The third kappa shape index (κ3) is 2.89. The van der Waals surface area contributed by atoms with Gasteiger partial charge in [0.05, 0.1) is 19.0 Å². The van der Waals surface area contributed by atoms with Gasteiger partial charge in [-0.15, -0.1) is 0 Å². The van der Waals surface area contributed by atoms with Gasteiger partial charge in [0.1, 0.15) is 5.75 Å². The number of benzene rings is 1. The molecule has 0 atom stereocenters. The van der Waals surface area contributed by atoms with Gasteiger partial charge in [0, 0.05) is 24.3 Å². The van der Waals surface area contributed by atoms with Crippen LogP contribution in [-0.4, -0.2) is 16.9 Å². The second kappa shape index (κ2) is 5.78. The molecule has 1 heterocycles. The zero-order valence-corrected chi connectivity index (χ0v) is 12.0. The molecule has 0 aliphatic heterocycles. The molecule has 0 aliphatic rings. The molecule has 0 radical (unpaired) electrons. The number of hydrogen-bond acceptors (Lipinski definition) is 3. The number of aryl methyl sites for hydroxylation is 2. The summed E-state index contributed by atoms with van der Waals surface area (Å²) in [5.41, 5.74) is 4.66. The smallest absolute Gasteiger partial charge is 0.141 e. The van der Waals surface area contributed by atoms with E-state index in [4.69, 9.17) is 4.74 Å². The van der Waals surface area contributed by atoms with Crippen molar-refractivity contribution in [3.63, 3.8) is 0 Å². The maximum Gasteiger partial charge on any atom is 0.141 e. The molecule has 0 saturated carbocycles. The highest BCUT2D eigenvalue weighted by atomic mass is 16.5. The van der Waals surface area contributed by atoms with E-state index >= 15 is 0 Å². The molecule has 0 saturated heterocycles. The minimum atomic E-state index is 0.756. The molecule has 1 aromatic heterocycles. The molecular formula is C15H21N3O. The summed E-state index contributed by atoms with van der Waals surface area (Å²) >= 11 is 0. The zero-order chi connectivity index (χ0) is 13.8. The number of aromatic nitrogens is 2. The summed E-state index contributed by atoms with van der Waals surface area (Å²) < 4.78 is 7.37. The summed E-state index contributed by atoms with van der Waals surface area (Å²) in [4.78, 5) is 0. The third-order valence-corrected chi connectivity index (χ3v) is 3.33. The summed E-state index contributed by atoms with van der Waals surface area (Å²) in [5, 5.41) is 7.77. The van der Waals surface area contributed by atoms with Gasteiger partial charge in [-0.05, 0) is 38.5 Å². The van der Waals surface area contributed by atoms with Gasteiger partial charge in [0.2, 0.25) is 0 Å². The van der Waals surface area contributed by atoms with Crippen molar-refractivity contribution in [3.8, 4) is 5.75 Å². The van der Waals surface area contributed by atoms with Crippen LogP contribution in [0, 0.1) is 13.8 Å². The van der Waals surface area contributed by atoms with Crippen LogP contribution in [0.15, 0.2) is 24.4 Å². The normalized spacial score (nSPS) is 10.5. The monoisotopic (exact) mass is 259 g/mol. The first-order valence-electron chi connectivity index (χ1n) is 6.55. The number of ether oxygens (including phenoxy) is 1. The molecular weight excluding hydrogens is 238 g/mol. The molecule has 2 aromatic rings. The molecule has 1 N–H and O–H groups in total. The van der Waals surface area contributed by atoms with Crippen LogP contribution in [0.3, 0.4) is 0 Å². The lowest BCUT2D eigenvalue weighted by Gasteiger charge is -2.12. The molecule has 0 amide bonds.